The molecule has 0 radical (unpaired) electrons. The molecule has 2 heterocycles. The Balaban J connectivity index is 0.00000380. The number of ether oxygens (including phenoxy) is 1. The minimum atomic E-state index is -3.60. The zero-order chi connectivity index (χ0) is 25.7. The molecule has 0 saturated carbocycles. The second-order valence-corrected chi connectivity index (χ2v) is 11.4. The van der Waals surface area contributed by atoms with Crippen LogP contribution < -0.4 is 14.9 Å². The molecule has 2 N–H and O–H groups in total. The number of hydrogen-bond acceptors (Lipinski definition) is 6. The summed E-state index contributed by atoms with van der Waals surface area (Å²) in [6.07, 6.45) is 3.64. The van der Waals surface area contributed by atoms with Crippen LogP contribution in [0.15, 0.2) is 42.5 Å². The maximum atomic E-state index is 13.1. The molecule has 4 rings (SSSR count). The molecule has 8 nitrogen and oxygen atoms in total. The van der Waals surface area contributed by atoms with Gasteiger partial charge in [0.15, 0.2) is 0 Å². The van der Waals surface area contributed by atoms with Crippen LogP contribution in [0, 0.1) is 0 Å². The molecule has 202 valence electrons. The molecular weight excluding hydrogens is 514 g/mol. The lowest BCUT2D eigenvalue weighted by atomic mass is 9.88. The van der Waals surface area contributed by atoms with Crippen molar-refractivity contribution in [3.05, 3.63) is 64.7 Å². The number of methoxy groups -OCH3 is 1. The summed E-state index contributed by atoms with van der Waals surface area (Å²) in [4.78, 5) is 27.1. The Kier molecular flexibility index (Phi) is 10.1. The van der Waals surface area contributed by atoms with Gasteiger partial charge in [0.25, 0.3) is 5.91 Å². The number of fused-ring (bicyclic) bond motifs is 1. The number of sulfonamides is 1. The van der Waals surface area contributed by atoms with Gasteiger partial charge in [-0.25, -0.2) is 13.1 Å². The molecule has 0 bridgehead atoms. The lowest BCUT2D eigenvalue weighted by molar-refractivity contribution is -0.142. The first-order valence-corrected chi connectivity index (χ1v) is 14.3. The number of rotatable bonds is 10. The van der Waals surface area contributed by atoms with Crippen molar-refractivity contribution in [2.45, 2.75) is 57.5 Å². The molecule has 2 aliphatic rings. The van der Waals surface area contributed by atoms with E-state index in [0.717, 1.165) is 54.7 Å². The maximum absolute atomic E-state index is 13.1. The molecular formula is C27H36ClN3O5S. The molecule has 10 heteroatoms. The van der Waals surface area contributed by atoms with Crippen LogP contribution in [0.5, 0.6) is 0 Å². The van der Waals surface area contributed by atoms with Crippen LogP contribution in [-0.2, 0) is 32.5 Å². The van der Waals surface area contributed by atoms with Crippen LogP contribution in [0.25, 0.3) is 0 Å². The summed E-state index contributed by atoms with van der Waals surface area (Å²) in [5, 5.41) is 3.40. The second-order valence-electron chi connectivity index (χ2n) is 9.57. The van der Waals surface area contributed by atoms with Crippen LogP contribution in [0.2, 0.25) is 0 Å². The van der Waals surface area contributed by atoms with Gasteiger partial charge in [-0.2, -0.15) is 0 Å². The summed E-state index contributed by atoms with van der Waals surface area (Å²) < 4.78 is 32.0. The van der Waals surface area contributed by atoms with Gasteiger partial charge < -0.3 is 15.0 Å². The average Bonchev–Trinajstić information content (AvgIpc) is 3.23. The average molecular weight is 550 g/mol. The van der Waals surface area contributed by atoms with Gasteiger partial charge in [0.05, 0.1) is 19.4 Å². The van der Waals surface area contributed by atoms with E-state index in [1.807, 2.05) is 37.3 Å². The fourth-order valence-corrected chi connectivity index (χ4v) is 6.33. The van der Waals surface area contributed by atoms with Crippen molar-refractivity contribution >= 4 is 40.0 Å². The Bertz CT molecular complexity index is 1200. The number of benzene rings is 2. The smallest absolute Gasteiger partial charge is 0.324 e. The van der Waals surface area contributed by atoms with Crippen molar-refractivity contribution in [2.75, 3.05) is 30.9 Å². The minimum absolute atomic E-state index is 0. The molecule has 2 aromatic carbocycles. The van der Waals surface area contributed by atoms with Gasteiger partial charge in [-0.05, 0) is 79.6 Å². The number of esters is 1. The van der Waals surface area contributed by atoms with Gasteiger partial charge in [-0.1, -0.05) is 37.6 Å². The van der Waals surface area contributed by atoms with Crippen LogP contribution in [-0.4, -0.2) is 52.3 Å². The third kappa shape index (κ3) is 7.10. The highest BCUT2D eigenvalue weighted by Gasteiger charge is 2.30. The molecule has 37 heavy (non-hydrogen) atoms. The Hall–Kier alpha value is -2.46. The fraction of sp³-hybridized carbons (Fsp3) is 0.481. The predicted octanol–water partition coefficient (Wildman–Crippen LogP) is 3.54. The zero-order valence-corrected chi connectivity index (χ0v) is 23.0. The Morgan fingerprint density at radius 3 is 2.51 bits per heavy atom. The van der Waals surface area contributed by atoms with E-state index in [1.54, 1.807) is 4.90 Å². The third-order valence-corrected chi connectivity index (χ3v) is 8.48. The highest BCUT2D eigenvalue weighted by molar-refractivity contribution is 7.89. The number of amides is 1. The monoisotopic (exact) mass is 549 g/mol. The summed E-state index contributed by atoms with van der Waals surface area (Å²) in [7, 11) is -2.35. The number of halogens is 1. The third-order valence-electron chi connectivity index (χ3n) is 7.01. The molecule has 0 aromatic heterocycles. The van der Waals surface area contributed by atoms with Crippen molar-refractivity contribution in [1.82, 2.24) is 10.0 Å². The minimum Gasteiger partial charge on any atom is -0.468 e. The van der Waals surface area contributed by atoms with Crippen molar-refractivity contribution < 1.29 is 22.7 Å². The molecule has 1 unspecified atom stereocenters. The highest BCUT2D eigenvalue weighted by Crippen LogP contribution is 2.33. The fourth-order valence-electron chi connectivity index (χ4n) is 4.93. The number of hydrogen-bond donors (Lipinski definition) is 2. The Labute approximate surface area is 225 Å². The van der Waals surface area contributed by atoms with Crippen molar-refractivity contribution in [1.29, 1.82) is 0 Å². The summed E-state index contributed by atoms with van der Waals surface area (Å²) in [5.74, 6) is -0.158. The first-order chi connectivity index (χ1) is 17.3. The van der Waals surface area contributed by atoms with Crippen LogP contribution in [0.3, 0.4) is 0 Å². The van der Waals surface area contributed by atoms with E-state index in [9.17, 15) is 18.0 Å². The van der Waals surface area contributed by atoms with Crippen molar-refractivity contribution in [2.24, 2.45) is 0 Å². The number of carbonyl (C=O) groups is 2. The largest absolute Gasteiger partial charge is 0.468 e. The van der Waals surface area contributed by atoms with E-state index in [1.165, 1.54) is 12.7 Å². The lowest BCUT2D eigenvalue weighted by Crippen LogP contribution is -2.43. The quantitative estimate of drug-likeness (QED) is 0.439. The van der Waals surface area contributed by atoms with E-state index in [0.29, 0.717) is 18.9 Å². The normalized spacial score (nSPS) is 16.7. The number of anilines is 1. The van der Waals surface area contributed by atoms with E-state index < -0.39 is 22.0 Å². The number of nitrogens with one attached hydrogen (secondary N) is 2. The molecule has 1 amide bonds. The van der Waals surface area contributed by atoms with Crippen molar-refractivity contribution in [3.63, 3.8) is 0 Å². The van der Waals surface area contributed by atoms with Gasteiger partial charge in [-0.15, -0.1) is 12.4 Å². The van der Waals surface area contributed by atoms with Gasteiger partial charge in [0.2, 0.25) is 10.0 Å². The van der Waals surface area contributed by atoms with Crippen molar-refractivity contribution in [3.8, 4) is 0 Å². The topological polar surface area (TPSA) is 105 Å². The SMILES string of the molecule is CCCCS(=O)(=O)NC(Cc1ccc(N2Cc3cc(C4CCNCC4)ccc3C2=O)cc1)C(=O)OC.Cl. The summed E-state index contributed by atoms with van der Waals surface area (Å²) in [5.41, 5.74) is 4.62. The van der Waals surface area contributed by atoms with Gasteiger partial charge in [0.1, 0.15) is 6.04 Å². The molecule has 2 aliphatic heterocycles. The number of nitrogens with zero attached hydrogens (tertiary/aromatic N) is 1. The van der Waals surface area contributed by atoms with Crippen LogP contribution >= 0.6 is 12.4 Å². The second kappa shape index (κ2) is 12.9. The molecule has 1 atom stereocenters. The van der Waals surface area contributed by atoms with Crippen LogP contribution in [0.4, 0.5) is 5.69 Å². The van der Waals surface area contributed by atoms with Gasteiger partial charge in [-0.3, -0.25) is 9.59 Å². The summed E-state index contributed by atoms with van der Waals surface area (Å²) in [6, 6.07) is 12.5. The Morgan fingerprint density at radius 1 is 1.16 bits per heavy atom. The standard InChI is InChI=1S/C27H35N3O5S.ClH/c1-3-4-15-36(33,34)29-25(27(32)35-2)16-19-5-8-23(9-6-19)30-18-22-17-21(7-10-24(22)26(30)31)20-11-13-28-14-12-20;/h5-10,17,20,25,28-29H,3-4,11-16,18H2,1-2H3;1H. The van der Waals surface area contributed by atoms with E-state index in [2.05, 4.69) is 22.2 Å². The predicted molar refractivity (Wildman–Crippen MR) is 147 cm³/mol. The molecule has 2 aromatic rings. The lowest BCUT2D eigenvalue weighted by Gasteiger charge is -2.23. The molecule has 0 aliphatic carbocycles. The first kappa shape index (κ1) is 29.1. The maximum Gasteiger partial charge on any atom is 0.324 e. The van der Waals surface area contributed by atoms with Gasteiger partial charge in [0, 0.05) is 11.3 Å². The molecule has 0 spiro atoms. The van der Waals surface area contributed by atoms with E-state index >= 15 is 0 Å². The number of carbonyl (C=O) groups excluding carboxylic acids is 2. The Morgan fingerprint density at radius 2 is 1.86 bits per heavy atom. The van der Waals surface area contributed by atoms with E-state index in [-0.39, 0.29) is 30.5 Å². The van der Waals surface area contributed by atoms with Crippen LogP contribution in [0.1, 0.15) is 65.6 Å². The molecule has 1 fully saturated rings. The number of piperidine rings is 1. The number of unbranched alkanes of at least 4 members (excludes halogenated alkanes) is 1. The summed E-state index contributed by atoms with van der Waals surface area (Å²) in [6.45, 7) is 4.48. The molecule has 1 saturated heterocycles. The van der Waals surface area contributed by atoms with E-state index in [4.69, 9.17) is 4.74 Å². The highest BCUT2D eigenvalue weighted by atomic mass is 35.5. The first-order valence-electron chi connectivity index (χ1n) is 12.6. The zero-order valence-electron chi connectivity index (χ0n) is 21.4. The summed E-state index contributed by atoms with van der Waals surface area (Å²) >= 11 is 0. The van der Waals surface area contributed by atoms with Gasteiger partial charge >= 0.3 is 5.97 Å².